The Balaban J connectivity index is 1.91. The van der Waals surface area contributed by atoms with Gasteiger partial charge in [0.1, 0.15) is 11.6 Å². The molecule has 1 aliphatic heterocycles. The standard InChI is InChI=1S/C29H32N2O4/c1-5-34-27-18-23(11-12-26(27)35-16-14-20(2)3)17-24-21(4)25(19-30)29(33)31(28(24)32)15-13-22-9-7-6-8-10-22/h6-12,17-18,20H,5,13-16H2,1-4H3/b24-17+. The maximum atomic E-state index is 13.4. The second-order valence-corrected chi connectivity index (χ2v) is 8.84. The molecular formula is C29H32N2O4. The van der Waals surface area contributed by atoms with Crippen molar-refractivity contribution in [3.05, 3.63) is 76.4 Å². The number of nitrogens with zero attached hydrogens (tertiary/aromatic N) is 2. The van der Waals surface area contributed by atoms with Gasteiger partial charge in [0, 0.05) is 12.1 Å². The minimum atomic E-state index is -0.549. The molecule has 3 rings (SSSR count). The lowest BCUT2D eigenvalue weighted by Crippen LogP contribution is -2.43. The van der Waals surface area contributed by atoms with Crippen LogP contribution >= 0.6 is 0 Å². The third kappa shape index (κ3) is 6.39. The summed E-state index contributed by atoms with van der Waals surface area (Å²) in [6, 6.07) is 17.1. The first-order valence-electron chi connectivity index (χ1n) is 12.0. The Morgan fingerprint density at radius 3 is 2.43 bits per heavy atom. The Morgan fingerprint density at radius 1 is 1.03 bits per heavy atom. The van der Waals surface area contributed by atoms with Gasteiger partial charge in [-0.05, 0) is 67.5 Å². The van der Waals surface area contributed by atoms with Crippen molar-refractivity contribution in [1.29, 1.82) is 5.26 Å². The van der Waals surface area contributed by atoms with Crippen LogP contribution in [-0.4, -0.2) is 36.5 Å². The van der Waals surface area contributed by atoms with Crippen molar-refractivity contribution in [2.75, 3.05) is 19.8 Å². The molecule has 0 bridgehead atoms. The highest BCUT2D eigenvalue weighted by molar-refractivity contribution is 6.19. The van der Waals surface area contributed by atoms with E-state index in [2.05, 4.69) is 13.8 Å². The zero-order valence-corrected chi connectivity index (χ0v) is 20.8. The van der Waals surface area contributed by atoms with Crippen LogP contribution < -0.4 is 9.47 Å². The summed E-state index contributed by atoms with van der Waals surface area (Å²) in [6.45, 7) is 9.08. The van der Waals surface area contributed by atoms with Crippen molar-refractivity contribution >= 4 is 17.9 Å². The van der Waals surface area contributed by atoms with Crippen LogP contribution in [0.5, 0.6) is 11.5 Å². The van der Waals surface area contributed by atoms with E-state index in [1.54, 1.807) is 13.0 Å². The molecule has 35 heavy (non-hydrogen) atoms. The van der Waals surface area contributed by atoms with E-state index in [9.17, 15) is 14.9 Å². The Bertz CT molecular complexity index is 1170. The van der Waals surface area contributed by atoms with Crippen LogP contribution in [0.15, 0.2) is 65.3 Å². The molecule has 0 aromatic heterocycles. The van der Waals surface area contributed by atoms with Crippen LogP contribution in [0, 0.1) is 17.2 Å². The van der Waals surface area contributed by atoms with Gasteiger partial charge in [0.15, 0.2) is 11.5 Å². The van der Waals surface area contributed by atoms with Crippen LogP contribution in [0.4, 0.5) is 0 Å². The van der Waals surface area contributed by atoms with E-state index in [1.807, 2.05) is 61.5 Å². The van der Waals surface area contributed by atoms with E-state index >= 15 is 0 Å². The average Bonchev–Trinajstić information content (AvgIpc) is 2.84. The molecule has 0 spiro atoms. The number of benzene rings is 2. The molecule has 182 valence electrons. The van der Waals surface area contributed by atoms with Crippen LogP contribution in [0.3, 0.4) is 0 Å². The molecule has 2 aromatic carbocycles. The van der Waals surface area contributed by atoms with Crippen molar-refractivity contribution in [3.8, 4) is 17.6 Å². The minimum absolute atomic E-state index is 0.0115. The van der Waals surface area contributed by atoms with Gasteiger partial charge in [0.2, 0.25) is 0 Å². The number of hydrogen-bond donors (Lipinski definition) is 0. The highest BCUT2D eigenvalue weighted by Crippen LogP contribution is 2.32. The fourth-order valence-corrected chi connectivity index (χ4v) is 3.79. The summed E-state index contributed by atoms with van der Waals surface area (Å²) in [5.74, 6) is 0.815. The number of carbonyl (C=O) groups is 2. The van der Waals surface area contributed by atoms with E-state index in [0.717, 1.165) is 22.4 Å². The molecular weight excluding hydrogens is 440 g/mol. The number of imide groups is 1. The summed E-state index contributed by atoms with van der Waals surface area (Å²) >= 11 is 0. The third-order valence-corrected chi connectivity index (χ3v) is 5.82. The summed E-state index contributed by atoms with van der Waals surface area (Å²) in [4.78, 5) is 27.4. The lowest BCUT2D eigenvalue weighted by molar-refractivity contribution is -0.140. The van der Waals surface area contributed by atoms with E-state index in [0.29, 0.717) is 48.2 Å². The zero-order chi connectivity index (χ0) is 25.4. The molecule has 0 fully saturated rings. The van der Waals surface area contributed by atoms with Crippen LogP contribution in [0.2, 0.25) is 0 Å². The van der Waals surface area contributed by atoms with Gasteiger partial charge in [-0.25, -0.2) is 0 Å². The van der Waals surface area contributed by atoms with Crippen molar-refractivity contribution in [1.82, 2.24) is 4.90 Å². The maximum Gasteiger partial charge on any atom is 0.271 e. The Morgan fingerprint density at radius 2 is 1.77 bits per heavy atom. The summed E-state index contributed by atoms with van der Waals surface area (Å²) in [5.41, 5.74) is 2.43. The summed E-state index contributed by atoms with van der Waals surface area (Å²) in [5, 5.41) is 9.65. The smallest absolute Gasteiger partial charge is 0.271 e. The summed E-state index contributed by atoms with van der Waals surface area (Å²) in [6.07, 6.45) is 3.15. The third-order valence-electron chi connectivity index (χ3n) is 5.82. The van der Waals surface area contributed by atoms with Crippen molar-refractivity contribution in [3.63, 3.8) is 0 Å². The first-order chi connectivity index (χ1) is 16.8. The number of rotatable bonds is 10. The van der Waals surface area contributed by atoms with E-state index in [1.165, 1.54) is 0 Å². The predicted molar refractivity (Wildman–Crippen MR) is 136 cm³/mol. The number of amides is 2. The van der Waals surface area contributed by atoms with Gasteiger partial charge in [0.05, 0.1) is 13.2 Å². The van der Waals surface area contributed by atoms with Crippen molar-refractivity contribution in [2.45, 2.75) is 40.5 Å². The second-order valence-electron chi connectivity index (χ2n) is 8.84. The molecule has 2 aromatic rings. The summed E-state index contributed by atoms with van der Waals surface area (Å²) < 4.78 is 11.7. The first kappa shape index (κ1) is 25.8. The molecule has 6 nitrogen and oxygen atoms in total. The lowest BCUT2D eigenvalue weighted by Gasteiger charge is -2.27. The Labute approximate surface area is 207 Å². The Kier molecular flexibility index (Phi) is 8.86. The van der Waals surface area contributed by atoms with Crippen LogP contribution in [0.25, 0.3) is 6.08 Å². The molecule has 1 aliphatic rings. The number of nitriles is 1. The SMILES string of the molecule is CCOc1cc(/C=C2/C(=O)N(CCc3ccccc3)C(=O)C(C#N)=C2C)ccc1OCCC(C)C. The lowest BCUT2D eigenvalue weighted by atomic mass is 9.93. The van der Waals surface area contributed by atoms with E-state index in [4.69, 9.17) is 9.47 Å². The van der Waals surface area contributed by atoms with Gasteiger partial charge < -0.3 is 9.47 Å². The van der Waals surface area contributed by atoms with Gasteiger partial charge in [-0.3, -0.25) is 14.5 Å². The van der Waals surface area contributed by atoms with Gasteiger partial charge >= 0.3 is 0 Å². The number of ether oxygens (including phenoxy) is 2. The van der Waals surface area contributed by atoms with Gasteiger partial charge in [-0.1, -0.05) is 50.2 Å². The molecule has 0 aliphatic carbocycles. The van der Waals surface area contributed by atoms with Crippen molar-refractivity contribution in [2.24, 2.45) is 5.92 Å². The molecule has 0 N–H and O–H groups in total. The fraction of sp³-hybridized carbons (Fsp3) is 0.345. The van der Waals surface area contributed by atoms with Gasteiger partial charge in [0.25, 0.3) is 11.8 Å². The predicted octanol–water partition coefficient (Wildman–Crippen LogP) is 5.35. The summed E-state index contributed by atoms with van der Waals surface area (Å²) in [7, 11) is 0. The monoisotopic (exact) mass is 472 g/mol. The molecule has 0 saturated heterocycles. The topological polar surface area (TPSA) is 79.6 Å². The number of hydrogen-bond acceptors (Lipinski definition) is 5. The first-order valence-corrected chi connectivity index (χ1v) is 12.0. The van der Waals surface area contributed by atoms with Gasteiger partial charge in [-0.15, -0.1) is 0 Å². The largest absolute Gasteiger partial charge is 0.490 e. The maximum absolute atomic E-state index is 13.4. The fourth-order valence-electron chi connectivity index (χ4n) is 3.79. The molecule has 0 saturated carbocycles. The second kappa shape index (κ2) is 12.0. The molecule has 0 atom stereocenters. The van der Waals surface area contributed by atoms with Crippen LogP contribution in [0.1, 0.15) is 45.2 Å². The zero-order valence-electron chi connectivity index (χ0n) is 20.8. The van der Waals surface area contributed by atoms with Crippen molar-refractivity contribution < 1.29 is 19.1 Å². The quantitative estimate of drug-likeness (QED) is 0.344. The minimum Gasteiger partial charge on any atom is -0.490 e. The van der Waals surface area contributed by atoms with Crippen LogP contribution in [-0.2, 0) is 16.0 Å². The molecule has 0 radical (unpaired) electrons. The number of carbonyl (C=O) groups excluding carboxylic acids is 2. The molecule has 0 unspecified atom stereocenters. The van der Waals surface area contributed by atoms with Gasteiger partial charge in [-0.2, -0.15) is 5.26 Å². The molecule has 1 heterocycles. The molecule has 6 heteroatoms. The normalized spacial score (nSPS) is 15.1. The van der Waals surface area contributed by atoms with E-state index in [-0.39, 0.29) is 12.1 Å². The molecule has 2 amide bonds. The highest BCUT2D eigenvalue weighted by atomic mass is 16.5. The van der Waals surface area contributed by atoms with E-state index < -0.39 is 11.8 Å². The average molecular weight is 473 g/mol. The Hall–Kier alpha value is -3.85. The highest BCUT2D eigenvalue weighted by Gasteiger charge is 2.35.